The summed E-state index contributed by atoms with van der Waals surface area (Å²) in [5.74, 6) is 0.143. The Morgan fingerprint density at radius 1 is 1.14 bits per heavy atom. The highest BCUT2D eigenvalue weighted by Gasteiger charge is 2.17. The molecule has 7 nitrogen and oxygen atoms in total. The van der Waals surface area contributed by atoms with E-state index in [1.807, 2.05) is 0 Å². The van der Waals surface area contributed by atoms with Crippen molar-refractivity contribution in [2.75, 3.05) is 25.6 Å². The van der Waals surface area contributed by atoms with Crippen molar-refractivity contribution in [2.24, 2.45) is 0 Å². The number of nitrogens with one attached hydrogen (secondary N) is 3. The summed E-state index contributed by atoms with van der Waals surface area (Å²) in [5, 5.41) is 8.57. The first kappa shape index (κ1) is 20.8. The Morgan fingerprint density at radius 2 is 1.93 bits per heavy atom. The zero-order valence-corrected chi connectivity index (χ0v) is 16.9. The van der Waals surface area contributed by atoms with Gasteiger partial charge in [0.15, 0.2) is 5.11 Å². The molecule has 0 saturated carbocycles. The van der Waals surface area contributed by atoms with Crippen molar-refractivity contribution in [3.8, 4) is 5.75 Å². The topological polar surface area (TPSA) is 88.7 Å². The van der Waals surface area contributed by atoms with E-state index < -0.39 is 0 Å². The Balaban J connectivity index is 1.53. The molecule has 2 aromatic carbocycles. The average Bonchev–Trinajstić information content (AvgIpc) is 3.26. The van der Waals surface area contributed by atoms with Crippen molar-refractivity contribution in [1.82, 2.24) is 10.6 Å². The molecule has 1 atom stereocenters. The van der Waals surface area contributed by atoms with Gasteiger partial charge in [0.1, 0.15) is 5.75 Å². The van der Waals surface area contributed by atoms with Gasteiger partial charge in [0, 0.05) is 30.0 Å². The van der Waals surface area contributed by atoms with Crippen molar-refractivity contribution in [3.63, 3.8) is 0 Å². The van der Waals surface area contributed by atoms with E-state index in [1.54, 1.807) is 55.6 Å². The molecule has 0 bridgehead atoms. The summed E-state index contributed by atoms with van der Waals surface area (Å²) in [5.41, 5.74) is 1.56. The van der Waals surface area contributed by atoms with Gasteiger partial charge >= 0.3 is 0 Å². The average molecular weight is 413 g/mol. The number of carbonyl (C=O) groups excluding carboxylic acids is 2. The van der Waals surface area contributed by atoms with Gasteiger partial charge in [-0.15, -0.1) is 0 Å². The van der Waals surface area contributed by atoms with Gasteiger partial charge in [-0.25, -0.2) is 0 Å². The minimum atomic E-state index is -0.337. The summed E-state index contributed by atoms with van der Waals surface area (Å²) < 4.78 is 10.6. The van der Waals surface area contributed by atoms with Crippen LogP contribution in [0.4, 0.5) is 5.69 Å². The summed E-state index contributed by atoms with van der Waals surface area (Å²) in [6, 6.07) is 13.6. The highest BCUT2D eigenvalue weighted by Crippen LogP contribution is 2.14. The fourth-order valence-corrected chi connectivity index (χ4v) is 3.14. The number of anilines is 1. The maximum atomic E-state index is 12.3. The molecule has 1 heterocycles. The minimum Gasteiger partial charge on any atom is -0.497 e. The van der Waals surface area contributed by atoms with Gasteiger partial charge in [-0.1, -0.05) is 6.07 Å². The van der Waals surface area contributed by atoms with Crippen LogP contribution in [-0.2, 0) is 4.74 Å². The van der Waals surface area contributed by atoms with E-state index in [1.165, 1.54) is 0 Å². The van der Waals surface area contributed by atoms with E-state index in [4.69, 9.17) is 21.7 Å². The summed E-state index contributed by atoms with van der Waals surface area (Å²) in [4.78, 5) is 24.6. The van der Waals surface area contributed by atoms with E-state index in [0.717, 1.165) is 19.4 Å². The first-order valence-electron chi connectivity index (χ1n) is 9.31. The Morgan fingerprint density at radius 3 is 2.62 bits per heavy atom. The fraction of sp³-hybridized carbons (Fsp3) is 0.286. The molecule has 2 amide bonds. The van der Waals surface area contributed by atoms with Gasteiger partial charge in [0.25, 0.3) is 11.8 Å². The van der Waals surface area contributed by atoms with Crippen LogP contribution in [0.3, 0.4) is 0 Å². The van der Waals surface area contributed by atoms with Gasteiger partial charge in [0.2, 0.25) is 0 Å². The number of methoxy groups -OCH3 is 1. The van der Waals surface area contributed by atoms with Crippen molar-refractivity contribution in [3.05, 3.63) is 59.7 Å². The number of thiocarbonyl (C=S) groups is 1. The smallest absolute Gasteiger partial charge is 0.257 e. The molecular formula is C21H23N3O4S. The van der Waals surface area contributed by atoms with Crippen LogP contribution in [-0.4, -0.2) is 43.3 Å². The predicted molar refractivity (Wildman–Crippen MR) is 114 cm³/mol. The van der Waals surface area contributed by atoms with E-state index in [2.05, 4.69) is 16.0 Å². The largest absolute Gasteiger partial charge is 0.497 e. The van der Waals surface area contributed by atoms with Crippen LogP contribution in [0.5, 0.6) is 5.75 Å². The minimum absolute atomic E-state index is 0.0843. The molecule has 1 fully saturated rings. The fourth-order valence-electron chi connectivity index (χ4n) is 2.93. The molecule has 152 valence electrons. The Kier molecular flexibility index (Phi) is 7.15. The van der Waals surface area contributed by atoms with Gasteiger partial charge < -0.3 is 20.1 Å². The van der Waals surface area contributed by atoms with Crippen molar-refractivity contribution in [1.29, 1.82) is 0 Å². The lowest BCUT2D eigenvalue weighted by atomic mass is 10.1. The Labute approximate surface area is 174 Å². The second-order valence-electron chi connectivity index (χ2n) is 6.56. The summed E-state index contributed by atoms with van der Waals surface area (Å²) in [7, 11) is 1.56. The third-order valence-electron chi connectivity index (χ3n) is 4.48. The Hall–Kier alpha value is -2.97. The first-order valence-corrected chi connectivity index (χ1v) is 9.72. The van der Waals surface area contributed by atoms with Crippen LogP contribution in [0.2, 0.25) is 0 Å². The molecule has 1 unspecified atom stereocenters. The standard InChI is InChI=1S/C21H23N3O4S/c1-27-17-9-7-14(8-10-17)20(26)24-21(29)23-16-5-2-4-15(12-16)19(25)22-13-18-6-3-11-28-18/h2,4-5,7-10,12,18H,3,6,11,13H2,1H3,(H,22,25)(H2,23,24,26,29). The molecule has 8 heteroatoms. The van der Waals surface area contributed by atoms with Crippen LogP contribution in [0.15, 0.2) is 48.5 Å². The van der Waals surface area contributed by atoms with Crippen molar-refractivity contribution < 1.29 is 19.1 Å². The van der Waals surface area contributed by atoms with Crippen molar-refractivity contribution in [2.45, 2.75) is 18.9 Å². The molecule has 2 aromatic rings. The van der Waals surface area contributed by atoms with E-state index in [9.17, 15) is 9.59 Å². The van der Waals surface area contributed by atoms with Crippen LogP contribution >= 0.6 is 12.2 Å². The molecule has 0 aromatic heterocycles. The molecule has 29 heavy (non-hydrogen) atoms. The number of carbonyl (C=O) groups is 2. The number of rotatable bonds is 6. The van der Waals surface area contributed by atoms with E-state index >= 15 is 0 Å². The third-order valence-corrected chi connectivity index (χ3v) is 4.68. The quantitative estimate of drug-likeness (QED) is 0.631. The molecule has 1 aliphatic rings. The van der Waals surface area contributed by atoms with Gasteiger partial charge in [-0.05, 0) is 67.5 Å². The number of hydrogen-bond donors (Lipinski definition) is 3. The molecule has 3 N–H and O–H groups in total. The molecule has 1 saturated heterocycles. The lowest BCUT2D eigenvalue weighted by molar-refractivity contribution is 0.0857. The number of amides is 2. The highest BCUT2D eigenvalue weighted by atomic mass is 32.1. The zero-order chi connectivity index (χ0) is 20.6. The first-order chi connectivity index (χ1) is 14.0. The zero-order valence-electron chi connectivity index (χ0n) is 16.1. The van der Waals surface area contributed by atoms with Crippen molar-refractivity contribution >= 4 is 34.8 Å². The number of ether oxygens (including phenoxy) is 2. The van der Waals surface area contributed by atoms with Gasteiger partial charge in [-0.2, -0.15) is 0 Å². The molecule has 0 spiro atoms. The molecular weight excluding hydrogens is 390 g/mol. The van der Waals surface area contributed by atoms with Crippen LogP contribution in [0.1, 0.15) is 33.6 Å². The van der Waals surface area contributed by atoms with Gasteiger partial charge in [0.05, 0.1) is 13.2 Å². The molecule has 0 radical (unpaired) electrons. The van der Waals surface area contributed by atoms with Crippen LogP contribution in [0, 0.1) is 0 Å². The summed E-state index contributed by atoms with van der Waals surface area (Å²) in [6.07, 6.45) is 2.07. The predicted octanol–water partition coefficient (Wildman–Crippen LogP) is 2.73. The molecule has 1 aliphatic heterocycles. The second-order valence-corrected chi connectivity index (χ2v) is 6.97. The number of hydrogen-bond acceptors (Lipinski definition) is 5. The summed E-state index contributed by atoms with van der Waals surface area (Å²) in [6.45, 7) is 1.24. The maximum absolute atomic E-state index is 12.3. The molecule has 0 aliphatic carbocycles. The number of benzene rings is 2. The monoisotopic (exact) mass is 413 g/mol. The highest BCUT2D eigenvalue weighted by molar-refractivity contribution is 7.80. The second kappa shape index (κ2) is 9.99. The third kappa shape index (κ3) is 6.00. The lowest BCUT2D eigenvalue weighted by Crippen LogP contribution is -2.34. The SMILES string of the molecule is COc1ccc(C(=O)NC(=S)Nc2cccc(C(=O)NCC3CCCO3)c2)cc1. The van der Waals surface area contributed by atoms with E-state index in [-0.39, 0.29) is 23.0 Å². The lowest BCUT2D eigenvalue weighted by Gasteiger charge is -2.13. The normalized spacial score (nSPS) is 15.4. The van der Waals surface area contributed by atoms with Crippen LogP contribution in [0.25, 0.3) is 0 Å². The Bertz CT molecular complexity index is 880. The maximum Gasteiger partial charge on any atom is 0.257 e. The summed E-state index contributed by atoms with van der Waals surface area (Å²) >= 11 is 5.21. The molecule has 3 rings (SSSR count). The van der Waals surface area contributed by atoms with E-state index in [0.29, 0.717) is 29.1 Å². The van der Waals surface area contributed by atoms with Crippen LogP contribution < -0.4 is 20.7 Å². The van der Waals surface area contributed by atoms with Gasteiger partial charge in [-0.3, -0.25) is 14.9 Å².